The van der Waals surface area contributed by atoms with Crippen LogP contribution in [0.4, 0.5) is 0 Å². The number of aromatic nitrogens is 1. The minimum absolute atomic E-state index is 0.0365. The zero-order chi connectivity index (χ0) is 12.7. The third-order valence-electron chi connectivity index (χ3n) is 2.12. The summed E-state index contributed by atoms with van der Waals surface area (Å²) in [4.78, 5) is 15.5. The Balaban J connectivity index is 2.52. The number of carbonyl (C=O) groups is 1. The molecule has 0 bridgehead atoms. The SMILES string of the molecule is CC(OC(=O)Cc1ccccn1)C(C#N)C#N. The molecule has 0 spiro atoms. The fraction of sp³-hybridized carbons (Fsp3) is 0.333. The van der Waals surface area contributed by atoms with Gasteiger partial charge in [0.05, 0.1) is 24.3 Å². The topological polar surface area (TPSA) is 86.8 Å². The van der Waals surface area contributed by atoms with Gasteiger partial charge >= 0.3 is 5.97 Å². The molecule has 0 saturated carbocycles. The van der Waals surface area contributed by atoms with Gasteiger partial charge in [0.1, 0.15) is 6.10 Å². The van der Waals surface area contributed by atoms with E-state index in [-0.39, 0.29) is 6.42 Å². The van der Waals surface area contributed by atoms with E-state index < -0.39 is 18.0 Å². The molecule has 0 radical (unpaired) electrons. The zero-order valence-corrected chi connectivity index (χ0v) is 9.33. The highest BCUT2D eigenvalue weighted by atomic mass is 16.5. The van der Waals surface area contributed by atoms with Crippen molar-refractivity contribution in [2.24, 2.45) is 5.92 Å². The Labute approximate surface area is 99.3 Å². The molecule has 0 aromatic carbocycles. The third-order valence-corrected chi connectivity index (χ3v) is 2.12. The number of esters is 1. The summed E-state index contributed by atoms with van der Waals surface area (Å²) in [6.07, 6.45) is 0.884. The van der Waals surface area contributed by atoms with Gasteiger partial charge in [0, 0.05) is 6.20 Å². The van der Waals surface area contributed by atoms with Crippen molar-refractivity contribution in [1.29, 1.82) is 10.5 Å². The van der Waals surface area contributed by atoms with Gasteiger partial charge in [-0.25, -0.2) is 0 Å². The highest BCUT2D eigenvalue weighted by Crippen LogP contribution is 2.07. The Bertz CT molecular complexity index is 445. The maximum atomic E-state index is 11.5. The maximum absolute atomic E-state index is 11.5. The van der Waals surface area contributed by atoms with Crippen LogP contribution in [0.3, 0.4) is 0 Å². The lowest BCUT2D eigenvalue weighted by atomic mass is 10.1. The van der Waals surface area contributed by atoms with Crippen molar-refractivity contribution in [3.8, 4) is 12.1 Å². The van der Waals surface area contributed by atoms with E-state index in [1.54, 1.807) is 36.5 Å². The van der Waals surface area contributed by atoms with Gasteiger partial charge in [-0.3, -0.25) is 9.78 Å². The van der Waals surface area contributed by atoms with Gasteiger partial charge in [-0.1, -0.05) is 6.07 Å². The average molecular weight is 229 g/mol. The monoisotopic (exact) mass is 229 g/mol. The molecule has 0 aliphatic heterocycles. The van der Waals surface area contributed by atoms with Gasteiger partial charge in [0.25, 0.3) is 0 Å². The first-order valence-electron chi connectivity index (χ1n) is 5.06. The molecule has 86 valence electrons. The number of nitrogens with zero attached hydrogens (tertiary/aromatic N) is 3. The van der Waals surface area contributed by atoms with E-state index in [0.29, 0.717) is 5.69 Å². The van der Waals surface area contributed by atoms with Crippen molar-refractivity contribution in [3.63, 3.8) is 0 Å². The first-order chi connectivity index (χ1) is 8.17. The standard InChI is InChI=1S/C12H11N3O2/c1-9(10(7-13)8-14)17-12(16)6-11-4-2-3-5-15-11/h2-5,9-10H,6H2,1H3. The van der Waals surface area contributed by atoms with Crippen LogP contribution in [0.1, 0.15) is 12.6 Å². The third kappa shape index (κ3) is 3.92. The summed E-state index contributed by atoms with van der Waals surface area (Å²) in [7, 11) is 0. The predicted molar refractivity (Wildman–Crippen MR) is 58.2 cm³/mol. The fourth-order valence-electron chi connectivity index (χ4n) is 1.21. The largest absolute Gasteiger partial charge is 0.460 e. The van der Waals surface area contributed by atoms with E-state index in [9.17, 15) is 4.79 Å². The van der Waals surface area contributed by atoms with E-state index in [2.05, 4.69) is 4.98 Å². The number of hydrogen-bond donors (Lipinski definition) is 0. The molecular formula is C12H11N3O2. The highest BCUT2D eigenvalue weighted by molar-refractivity contribution is 5.72. The fourth-order valence-corrected chi connectivity index (χ4v) is 1.21. The molecule has 0 aliphatic carbocycles. The first-order valence-corrected chi connectivity index (χ1v) is 5.06. The molecule has 5 nitrogen and oxygen atoms in total. The number of pyridine rings is 1. The molecule has 0 fully saturated rings. The molecule has 0 N–H and O–H groups in total. The molecule has 1 unspecified atom stereocenters. The minimum Gasteiger partial charge on any atom is -0.460 e. The van der Waals surface area contributed by atoms with Crippen molar-refractivity contribution in [2.75, 3.05) is 0 Å². The Hall–Kier alpha value is -2.40. The van der Waals surface area contributed by atoms with E-state index in [1.165, 1.54) is 6.92 Å². The molecule has 0 aliphatic rings. The van der Waals surface area contributed by atoms with E-state index >= 15 is 0 Å². The molecule has 5 heteroatoms. The van der Waals surface area contributed by atoms with Crippen LogP contribution in [0.25, 0.3) is 0 Å². The number of hydrogen-bond acceptors (Lipinski definition) is 5. The quantitative estimate of drug-likeness (QED) is 0.724. The normalized spacial score (nSPS) is 11.3. The number of ether oxygens (including phenoxy) is 1. The lowest BCUT2D eigenvalue weighted by Crippen LogP contribution is -2.23. The summed E-state index contributed by atoms with van der Waals surface area (Å²) in [5.74, 6) is -1.44. The summed E-state index contributed by atoms with van der Waals surface area (Å²) in [5, 5.41) is 17.2. The van der Waals surface area contributed by atoms with Gasteiger partial charge in [-0.2, -0.15) is 10.5 Å². The van der Waals surface area contributed by atoms with E-state index in [4.69, 9.17) is 15.3 Å². The molecule has 17 heavy (non-hydrogen) atoms. The summed E-state index contributed by atoms with van der Waals surface area (Å²) < 4.78 is 4.97. The van der Waals surface area contributed by atoms with Crippen LogP contribution in [0.15, 0.2) is 24.4 Å². The average Bonchev–Trinajstić information content (AvgIpc) is 2.31. The Morgan fingerprint density at radius 1 is 1.47 bits per heavy atom. The van der Waals surface area contributed by atoms with Crippen LogP contribution in [-0.2, 0) is 16.0 Å². The van der Waals surface area contributed by atoms with Crippen molar-refractivity contribution in [1.82, 2.24) is 4.98 Å². The Kier molecular flexibility index (Phi) is 4.65. The van der Waals surface area contributed by atoms with E-state index in [0.717, 1.165) is 0 Å². The van der Waals surface area contributed by atoms with Crippen molar-refractivity contribution >= 4 is 5.97 Å². The van der Waals surface area contributed by atoms with Crippen LogP contribution in [-0.4, -0.2) is 17.1 Å². The first kappa shape index (κ1) is 12.7. The van der Waals surface area contributed by atoms with Crippen LogP contribution in [0, 0.1) is 28.6 Å². The molecule has 1 aromatic heterocycles. The summed E-state index contributed by atoms with van der Waals surface area (Å²) in [6.45, 7) is 1.52. The molecule has 1 rings (SSSR count). The molecule has 0 saturated heterocycles. The minimum atomic E-state index is -0.942. The summed E-state index contributed by atoms with van der Waals surface area (Å²) >= 11 is 0. The van der Waals surface area contributed by atoms with Gasteiger partial charge in [0.2, 0.25) is 0 Å². The van der Waals surface area contributed by atoms with Crippen molar-refractivity contribution < 1.29 is 9.53 Å². The second-order valence-corrected chi connectivity index (χ2v) is 3.43. The van der Waals surface area contributed by atoms with Crippen LogP contribution in [0.2, 0.25) is 0 Å². The second kappa shape index (κ2) is 6.24. The van der Waals surface area contributed by atoms with Crippen LogP contribution >= 0.6 is 0 Å². The molecule has 0 amide bonds. The van der Waals surface area contributed by atoms with E-state index in [1.807, 2.05) is 0 Å². The smallest absolute Gasteiger partial charge is 0.312 e. The molecule has 1 atom stereocenters. The Morgan fingerprint density at radius 3 is 2.71 bits per heavy atom. The maximum Gasteiger partial charge on any atom is 0.312 e. The predicted octanol–water partition coefficient (Wildman–Crippen LogP) is 1.22. The van der Waals surface area contributed by atoms with Crippen LogP contribution < -0.4 is 0 Å². The molecule has 1 aromatic rings. The summed E-state index contributed by atoms with van der Waals surface area (Å²) in [6, 6.07) is 8.76. The Morgan fingerprint density at radius 2 is 2.18 bits per heavy atom. The second-order valence-electron chi connectivity index (χ2n) is 3.43. The lowest BCUT2D eigenvalue weighted by Gasteiger charge is -2.12. The molecular weight excluding hydrogens is 218 g/mol. The number of nitriles is 2. The number of rotatable bonds is 4. The van der Waals surface area contributed by atoms with Gasteiger partial charge in [0.15, 0.2) is 5.92 Å². The lowest BCUT2D eigenvalue weighted by molar-refractivity contribution is -0.148. The van der Waals surface area contributed by atoms with Crippen molar-refractivity contribution in [3.05, 3.63) is 30.1 Å². The highest BCUT2D eigenvalue weighted by Gasteiger charge is 2.20. The zero-order valence-electron chi connectivity index (χ0n) is 9.33. The van der Waals surface area contributed by atoms with Gasteiger partial charge < -0.3 is 4.74 Å². The van der Waals surface area contributed by atoms with Crippen molar-refractivity contribution in [2.45, 2.75) is 19.4 Å². The van der Waals surface area contributed by atoms with Crippen LogP contribution in [0.5, 0.6) is 0 Å². The van der Waals surface area contributed by atoms with Gasteiger partial charge in [-0.05, 0) is 19.1 Å². The molecule has 1 heterocycles. The number of carbonyl (C=O) groups excluding carboxylic acids is 1. The van der Waals surface area contributed by atoms with Gasteiger partial charge in [-0.15, -0.1) is 0 Å². The summed E-state index contributed by atoms with van der Waals surface area (Å²) in [5.41, 5.74) is 0.593.